The number of rotatable bonds is 7. The summed E-state index contributed by atoms with van der Waals surface area (Å²) in [6, 6.07) is 5.31. The Morgan fingerprint density at radius 2 is 2.17 bits per heavy atom. The molecule has 0 aliphatic heterocycles. The Balaban J connectivity index is 1.89. The summed E-state index contributed by atoms with van der Waals surface area (Å²) in [5.41, 5.74) is 2.27. The zero-order valence-electron chi connectivity index (χ0n) is 13.8. The average Bonchev–Trinajstić information content (AvgIpc) is 2.48. The quantitative estimate of drug-likeness (QED) is 0.845. The van der Waals surface area contributed by atoms with E-state index in [4.69, 9.17) is 0 Å². The Bertz CT molecular complexity index is 740. The van der Waals surface area contributed by atoms with Crippen molar-refractivity contribution in [2.45, 2.75) is 32.9 Å². The molecule has 2 aromatic rings. The number of carbonyl (C=O) groups is 1. The molecule has 2 rings (SSSR count). The van der Waals surface area contributed by atoms with Crippen molar-refractivity contribution < 1.29 is 4.79 Å². The molecular weight excluding hydrogens is 310 g/mol. The van der Waals surface area contributed by atoms with Gasteiger partial charge in [0.05, 0.1) is 11.4 Å². The maximum absolute atomic E-state index is 12.1. The number of carbonyl (C=O) groups excluding carboxylic acids is 1. The molecule has 0 unspecified atom stereocenters. The van der Waals surface area contributed by atoms with E-state index < -0.39 is 0 Å². The van der Waals surface area contributed by atoms with Gasteiger partial charge in [0.25, 0.3) is 5.56 Å². The van der Waals surface area contributed by atoms with Crippen LogP contribution in [0.1, 0.15) is 31.5 Å². The zero-order chi connectivity index (χ0) is 16.8. The molecule has 0 bridgehead atoms. The highest BCUT2D eigenvalue weighted by Crippen LogP contribution is 2.10. The number of thioether (sulfide) groups is 1. The molecule has 1 amide bonds. The molecular formula is C17H23N3O2S. The lowest BCUT2D eigenvalue weighted by molar-refractivity contribution is -0.118. The van der Waals surface area contributed by atoms with Crippen LogP contribution in [0.5, 0.6) is 0 Å². The summed E-state index contributed by atoms with van der Waals surface area (Å²) in [5, 5.41) is 2.90. The summed E-state index contributed by atoms with van der Waals surface area (Å²) in [7, 11) is 0. The van der Waals surface area contributed by atoms with E-state index in [1.54, 1.807) is 10.6 Å². The fraction of sp³-hybridized carbons (Fsp3) is 0.471. The van der Waals surface area contributed by atoms with Crippen molar-refractivity contribution in [1.29, 1.82) is 0 Å². The molecule has 0 saturated heterocycles. The van der Waals surface area contributed by atoms with Gasteiger partial charge in [-0.25, -0.2) is 4.98 Å². The lowest BCUT2D eigenvalue weighted by Crippen LogP contribution is -2.27. The predicted octanol–water partition coefficient (Wildman–Crippen LogP) is 2.40. The van der Waals surface area contributed by atoms with Crippen molar-refractivity contribution >= 4 is 23.3 Å². The van der Waals surface area contributed by atoms with Gasteiger partial charge in [-0.3, -0.25) is 14.0 Å². The third-order valence-corrected chi connectivity index (χ3v) is 4.35. The smallest absolute Gasteiger partial charge is 0.258 e. The van der Waals surface area contributed by atoms with Crippen LogP contribution in [0.15, 0.2) is 29.2 Å². The number of aryl methyl sites for hydroxylation is 1. The number of nitrogens with zero attached hydrogens (tertiary/aromatic N) is 2. The minimum Gasteiger partial charge on any atom is -0.355 e. The lowest BCUT2D eigenvalue weighted by Gasteiger charge is -2.07. The summed E-state index contributed by atoms with van der Waals surface area (Å²) in [6.07, 6.45) is 2.77. The molecule has 1 N–H and O–H groups in total. The molecule has 0 saturated carbocycles. The summed E-state index contributed by atoms with van der Waals surface area (Å²) in [4.78, 5) is 28.3. The van der Waals surface area contributed by atoms with Gasteiger partial charge in [0.1, 0.15) is 5.65 Å². The molecule has 124 valence electrons. The van der Waals surface area contributed by atoms with Crippen LogP contribution in [-0.2, 0) is 10.5 Å². The highest BCUT2D eigenvalue weighted by molar-refractivity contribution is 7.99. The molecule has 2 aromatic heterocycles. The van der Waals surface area contributed by atoms with E-state index in [1.807, 2.05) is 19.1 Å². The van der Waals surface area contributed by atoms with Gasteiger partial charge >= 0.3 is 0 Å². The molecule has 2 heterocycles. The van der Waals surface area contributed by atoms with E-state index >= 15 is 0 Å². The SMILES string of the molecule is Cc1ccc2nc(CSCC(=O)NCCC(C)C)cc(=O)n2c1. The van der Waals surface area contributed by atoms with Crippen molar-refractivity contribution in [1.82, 2.24) is 14.7 Å². The maximum atomic E-state index is 12.1. The van der Waals surface area contributed by atoms with E-state index in [0.717, 1.165) is 12.0 Å². The second-order valence-corrected chi connectivity index (χ2v) is 7.03. The van der Waals surface area contributed by atoms with E-state index in [2.05, 4.69) is 24.1 Å². The minimum absolute atomic E-state index is 0.0313. The summed E-state index contributed by atoms with van der Waals surface area (Å²) in [5.74, 6) is 1.55. The van der Waals surface area contributed by atoms with Crippen LogP contribution in [0.25, 0.3) is 5.65 Å². The van der Waals surface area contributed by atoms with E-state index in [-0.39, 0.29) is 11.5 Å². The van der Waals surface area contributed by atoms with Gasteiger partial charge < -0.3 is 5.32 Å². The Labute approximate surface area is 140 Å². The first-order chi connectivity index (χ1) is 11.0. The molecule has 0 radical (unpaired) electrons. The van der Waals surface area contributed by atoms with Gasteiger partial charge in [0, 0.05) is 24.6 Å². The molecule has 23 heavy (non-hydrogen) atoms. The van der Waals surface area contributed by atoms with Gasteiger partial charge in [-0.1, -0.05) is 19.9 Å². The highest BCUT2D eigenvalue weighted by atomic mass is 32.2. The van der Waals surface area contributed by atoms with Crippen LogP contribution in [0, 0.1) is 12.8 Å². The topological polar surface area (TPSA) is 63.5 Å². The minimum atomic E-state index is -0.0873. The molecule has 0 aromatic carbocycles. The van der Waals surface area contributed by atoms with Crippen LogP contribution >= 0.6 is 11.8 Å². The average molecular weight is 333 g/mol. The third kappa shape index (κ3) is 5.39. The first-order valence-electron chi connectivity index (χ1n) is 7.79. The van der Waals surface area contributed by atoms with Crippen molar-refractivity contribution in [3.8, 4) is 0 Å². The van der Waals surface area contributed by atoms with Crippen molar-refractivity contribution in [3.63, 3.8) is 0 Å². The largest absolute Gasteiger partial charge is 0.355 e. The third-order valence-electron chi connectivity index (χ3n) is 3.39. The molecule has 0 spiro atoms. The molecule has 5 nitrogen and oxygen atoms in total. The molecule has 0 fully saturated rings. The maximum Gasteiger partial charge on any atom is 0.258 e. The predicted molar refractivity (Wildman–Crippen MR) is 94.8 cm³/mol. The lowest BCUT2D eigenvalue weighted by atomic mass is 10.1. The van der Waals surface area contributed by atoms with Gasteiger partial charge in [0.2, 0.25) is 5.91 Å². The second-order valence-electron chi connectivity index (χ2n) is 6.05. The van der Waals surface area contributed by atoms with Crippen molar-refractivity contribution in [2.75, 3.05) is 12.3 Å². The highest BCUT2D eigenvalue weighted by Gasteiger charge is 2.06. The van der Waals surface area contributed by atoms with Crippen LogP contribution in [0.2, 0.25) is 0 Å². The van der Waals surface area contributed by atoms with Crippen molar-refractivity contribution in [3.05, 3.63) is 46.0 Å². The number of hydrogen-bond donors (Lipinski definition) is 1. The fourth-order valence-electron chi connectivity index (χ4n) is 2.13. The molecule has 6 heteroatoms. The number of aromatic nitrogens is 2. The van der Waals surface area contributed by atoms with Crippen LogP contribution in [0.4, 0.5) is 0 Å². The van der Waals surface area contributed by atoms with E-state index in [1.165, 1.54) is 17.8 Å². The molecule has 0 aliphatic rings. The van der Waals surface area contributed by atoms with E-state index in [9.17, 15) is 9.59 Å². The Morgan fingerprint density at radius 3 is 2.91 bits per heavy atom. The van der Waals surface area contributed by atoms with Crippen LogP contribution < -0.4 is 10.9 Å². The zero-order valence-corrected chi connectivity index (χ0v) is 14.7. The molecule has 0 aliphatic carbocycles. The first kappa shape index (κ1) is 17.5. The summed E-state index contributed by atoms with van der Waals surface area (Å²) in [6.45, 7) is 6.91. The summed E-state index contributed by atoms with van der Waals surface area (Å²) < 4.78 is 1.54. The Hall–Kier alpha value is -1.82. The summed E-state index contributed by atoms with van der Waals surface area (Å²) >= 11 is 1.47. The van der Waals surface area contributed by atoms with Gasteiger partial charge in [-0.05, 0) is 30.9 Å². The van der Waals surface area contributed by atoms with Crippen LogP contribution in [0.3, 0.4) is 0 Å². The second kappa shape index (κ2) is 8.15. The number of pyridine rings is 1. The van der Waals surface area contributed by atoms with Gasteiger partial charge in [-0.15, -0.1) is 11.8 Å². The number of amides is 1. The monoisotopic (exact) mass is 333 g/mol. The normalized spacial score (nSPS) is 11.1. The molecule has 0 atom stereocenters. The van der Waals surface area contributed by atoms with Gasteiger partial charge in [-0.2, -0.15) is 0 Å². The van der Waals surface area contributed by atoms with Gasteiger partial charge in [0.15, 0.2) is 0 Å². The number of nitrogens with one attached hydrogen (secondary N) is 1. The van der Waals surface area contributed by atoms with E-state index in [0.29, 0.717) is 35.3 Å². The number of hydrogen-bond acceptors (Lipinski definition) is 4. The number of fused-ring (bicyclic) bond motifs is 1. The van der Waals surface area contributed by atoms with Crippen molar-refractivity contribution in [2.24, 2.45) is 5.92 Å². The Kier molecular flexibility index (Phi) is 6.21. The fourth-order valence-corrected chi connectivity index (χ4v) is 2.88. The van der Waals surface area contributed by atoms with Crippen LogP contribution in [-0.4, -0.2) is 27.6 Å². The Morgan fingerprint density at radius 1 is 1.39 bits per heavy atom. The first-order valence-corrected chi connectivity index (χ1v) is 8.94. The standard InChI is InChI=1S/C17H23N3O2S/c1-12(2)6-7-18-16(21)11-23-10-14-8-17(22)20-9-13(3)4-5-15(20)19-14/h4-5,8-9,12H,6-7,10-11H2,1-3H3,(H,18,21).